The van der Waals surface area contributed by atoms with Crippen LogP contribution in [0.2, 0.25) is 0 Å². The number of benzene rings is 2. The Kier molecular flexibility index (Phi) is 4.58. The van der Waals surface area contributed by atoms with Gasteiger partial charge in [0.1, 0.15) is 0 Å². The van der Waals surface area contributed by atoms with Gasteiger partial charge in [0.25, 0.3) is 0 Å². The van der Waals surface area contributed by atoms with Crippen LogP contribution in [0.25, 0.3) is 11.1 Å². The van der Waals surface area contributed by atoms with E-state index in [1.54, 1.807) is 31.2 Å². The van der Waals surface area contributed by atoms with Crippen LogP contribution in [0.15, 0.2) is 36.4 Å². The summed E-state index contributed by atoms with van der Waals surface area (Å²) in [4.78, 5) is 11.0. The lowest BCUT2D eigenvalue weighted by atomic mass is 10.00. The minimum absolute atomic E-state index is 0.236. The van der Waals surface area contributed by atoms with Gasteiger partial charge < -0.3 is 9.84 Å². The van der Waals surface area contributed by atoms with Gasteiger partial charge in [0.05, 0.1) is 12.2 Å². The lowest BCUT2D eigenvalue weighted by Gasteiger charge is -2.09. The van der Waals surface area contributed by atoms with Gasteiger partial charge in [0.2, 0.25) is 0 Å². The van der Waals surface area contributed by atoms with Gasteiger partial charge in [0, 0.05) is 0 Å². The first kappa shape index (κ1) is 15.0. The molecule has 21 heavy (non-hydrogen) atoms. The lowest BCUT2D eigenvalue weighted by Crippen LogP contribution is -2.00. The molecule has 0 aliphatic carbocycles. The van der Waals surface area contributed by atoms with Crippen molar-refractivity contribution in [1.82, 2.24) is 0 Å². The fourth-order valence-corrected chi connectivity index (χ4v) is 2.09. The van der Waals surface area contributed by atoms with Gasteiger partial charge in [-0.3, -0.25) is 0 Å². The summed E-state index contributed by atoms with van der Waals surface area (Å²) in [5.74, 6) is -1.14. The number of carboxylic acids is 1. The van der Waals surface area contributed by atoms with Crippen molar-refractivity contribution in [3.8, 4) is 16.9 Å². The quantitative estimate of drug-likeness (QED) is 0.892. The number of ether oxygens (including phenoxy) is 1. The molecule has 0 heterocycles. The summed E-state index contributed by atoms with van der Waals surface area (Å²) in [6, 6.07) is 9.72. The van der Waals surface area contributed by atoms with E-state index in [9.17, 15) is 9.18 Å². The lowest BCUT2D eigenvalue weighted by molar-refractivity contribution is 0.0696. The van der Waals surface area contributed by atoms with E-state index in [-0.39, 0.29) is 11.3 Å². The Morgan fingerprint density at radius 2 is 1.86 bits per heavy atom. The molecule has 0 bridgehead atoms. The molecule has 0 radical (unpaired) electrons. The first-order valence-corrected chi connectivity index (χ1v) is 6.79. The molecule has 110 valence electrons. The molecule has 0 aromatic heterocycles. The Morgan fingerprint density at radius 3 is 2.43 bits per heavy atom. The monoisotopic (exact) mass is 288 g/mol. The second-order valence-electron chi connectivity index (χ2n) is 4.83. The summed E-state index contributed by atoms with van der Waals surface area (Å²) >= 11 is 0. The predicted octanol–water partition coefficient (Wildman–Crippen LogP) is 4.29. The van der Waals surface area contributed by atoms with E-state index in [2.05, 4.69) is 0 Å². The second kappa shape index (κ2) is 6.39. The summed E-state index contributed by atoms with van der Waals surface area (Å²) in [6.07, 6.45) is 0.817. The van der Waals surface area contributed by atoms with Crippen molar-refractivity contribution in [2.45, 2.75) is 20.3 Å². The molecule has 0 spiro atoms. The standard InChI is InChI=1S/C17H17FO3/c1-3-8-21-16-7-5-13(10-15(16)18)12-4-6-14(17(19)20)11(2)9-12/h4-7,9-10H,3,8H2,1-2H3,(H,19,20). The molecule has 2 rings (SSSR count). The third kappa shape index (κ3) is 3.40. The maximum absolute atomic E-state index is 13.9. The van der Waals surface area contributed by atoms with Crippen molar-refractivity contribution in [2.24, 2.45) is 0 Å². The van der Waals surface area contributed by atoms with Crippen molar-refractivity contribution in [3.05, 3.63) is 53.3 Å². The Hall–Kier alpha value is -2.36. The van der Waals surface area contributed by atoms with Crippen molar-refractivity contribution in [3.63, 3.8) is 0 Å². The highest BCUT2D eigenvalue weighted by atomic mass is 19.1. The molecule has 0 aliphatic rings. The van der Waals surface area contributed by atoms with E-state index >= 15 is 0 Å². The highest BCUT2D eigenvalue weighted by Gasteiger charge is 2.10. The Labute approximate surface area is 123 Å². The van der Waals surface area contributed by atoms with Gasteiger partial charge >= 0.3 is 5.97 Å². The number of rotatable bonds is 5. The molecule has 1 N–H and O–H groups in total. The molecule has 2 aromatic rings. The summed E-state index contributed by atoms with van der Waals surface area (Å²) < 4.78 is 19.2. The highest BCUT2D eigenvalue weighted by Crippen LogP contribution is 2.27. The van der Waals surface area contributed by atoms with Gasteiger partial charge in [-0.05, 0) is 48.2 Å². The summed E-state index contributed by atoms with van der Waals surface area (Å²) in [5, 5.41) is 9.01. The van der Waals surface area contributed by atoms with Gasteiger partial charge in [0.15, 0.2) is 11.6 Å². The Morgan fingerprint density at radius 1 is 1.19 bits per heavy atom. The van der Waals surface area contributed by atoms with E-state index < -0.39 is 11.8 Å². The smallest absolute Gasteiger partial charge is 0.335 e. The van der Waals surface area contributed by atoms with Crippen molar-refractivity contribution < 1.29 is 19.0 Å². The average molecular weight is 288 g/mol. The van der Waals surface area contributed by atoms with Crippen LogP contribution in [0, 0.1) is 12.7 Å². The summed E-state index contributed by atoms with van der Waals surface area (Å²) in [7, 11) is 0. The first-order chi connectivity index (χ1) is 10.0. The zero-order valence-electron chi connectivity index (χ0n) is 12.0. The number of aryl methyl sites for hydroxylation is 1. The number of hydrogen-bond donors (Lipinski definition) is 1. The van der Waals surface area contributed by atoms with E-state index in [0.29, 0.717) is 17.7 Å². The molecule has 3 nitrogen and oxygen atoms in total. The molecule has 4 heteroatoms. The van der Waals surface area contributed by atoms with E-state index in [4.69, 9.17) is 9.84 Å². The second-order valence-corrected chi connectivity index (χ2v) is 4.83. The molecule has 0 aliphatic heterocycles. The molecular formula is C17H17FO3. The number of halogens is 1. The van der Waals surface area contributed by atoms with Crippen LogP contribution in [0.3, 0.4) is 0 Å². The first-order valence-electron chi connectivity index (χ1n) is 6.79. The summed E-state index contributed by atoms with van der Waals surface area (Å²) in [6.45, 7) is 4.16. The average Bonchev–Trinajstić information content (AvgIpc) is 2.45. The van der Waals surface area contributed by atoms with Gasteiger partial charge in [-0.2, -0.15) is 0 Å². The van der Waals surface area contributed by atoms with Crippen LogP contribution in [-0.4, -0.2) is 17.7 Å². The van der Waals surface area contributed by atoms with Crippen molar-refractivity contribution in [2.75, 3.05) is 6.61 Å². The third-order valence-electron chi connectivity index (χ3n) is 3.18. The number of hydrogen-bond acceptors (Lipinski definition) is 2. The maximum Gasteiger partial charge on any atom is 0.335 e. The minimum Gasteiger partial charge on any atom is -0.491 e. The number of aromatic carboxylic acids is 1. The van der Waals surface area contributed by atoms with Crippen LogP contribution >= 0.6 is 0 Å². The van der Waals surface area contributed by atoms with Crippen LogP contribution in [0.1, 0.15) is 29.3 Å². The van der Waals surface area contributed by atoms with Gasteiger partial charge in [-0.1, -0.05) is 25.1 Å². The molecule has 0 atom stereocenters. The normalized spacial score (nSPS) is 10.4. The molecule has 0 fully saturated rings. The summed E-state index contributed by atoms with van der Waals surface area (Å²) in [5.41, 5.74) is 2.36. The van der Waals surface area contributed by atoms with E-state index in [1.807, 2.05) is 6.92 Å². The molecule has 0 saturated heterocycles. The Bertz CT molecular complexity index is 665. The fraction of sp³-hybridized carbons (Fsp3) is 0.235. The van der Waals surface area contributed by atoms with Crippen LogP contribution in [-0.2, 0) is 0 Å². The molecule has 0 saturated carbocycles. The van der Waals surface area contributed by atoms with Crippen molar-refractivity contribution >= 4 is 5.97 Å². The SMILES string of the molecule is CCCOc1ccc(-c2ccc(C(=O)O)c(C)c2)cc1F. The van der Waals surface area contributed by atoms with Crippen LogP contribution < -0.4 is 4.74 Å². The van der Waals surface area contributed by atoms with E-state index in [1.165, 1.54) is 12.1 Å². The maximum atomic E-state index is 13.9. The zero-order valence-corrected chi connectivity index (χ0v) is 12.0. The number of carboxylic acid groups (broad SMARTS) is 1. The topological polar surface area (TPSA) is 46.5 Å². The largest absolute Gasteiger partial charge is 0.491 e. The fourth-order valence-electron chi connectivity index (χ4n) is 2.09. The Balaban J connectivity index is 2.32. The van der Waals surface area contributed by atoms with Gasteiger partial charge in [-0.15, -0.1) is 0 Å². The van der Waals surface area contributed by atoms with Crippen LogP contribution in [0.4, 0.5) is 4.39 Å². The van der Waals surface area contributed by atoms with Crippen molar-refractivity contribution in [1.29, 1.82) is 0 Å². The minimum atomic E-state index is -0.964. The predicted molar refractivity (Wildman–Crippen MR) is 79.3 cm³/mol. The molecular weight excluding hydrogens is 271 g/mol. The van der Waals surface area contributed by atoms with Crippen LogP contribution in [0.5, 0.6) is 5.75 Å². The molecule has 0 unspecified atom stereocenters. The number of carbonyl (C=O) groups is 1. The third-order valence-corrected chi connectivity index (χ3v) is 3.18. The highest BCUT2D eigenvalue weighted by molar-refractivity contribution is 5.90. The zero-order chi connectivity index (χ0) is 15.4. The van der Waals surface area contributed by atoms with E-state index in [0.717, 1.165) is 12.0 Å². The van der Waals surface area contributed by atoms with Gasteiger partial charge in [-0.25, -0.2) is 9.18 Å². The molecule has 2 aromatic carbocycles. The molecule has 0 amide bonds.